The quantitative estimate of drug-likeness (QED) is 0.459. The number of hydrogen-bond acceptors (Lipinski definition) is 3. The van der Waals surface area contributed by atoms with Crippen molar-refractivity contribution >= 4 is 33.8 Å². The van der Waals surface area contributed by atoms with Crippen LogP contribution in [0.4, 0.5) is 0 Å². The number of nitrogens with zero attached hydrogens (tertiary/aromatic N) is 1. The predicted octanol–water partition coefficient (Wildman–Crippen LogP) is 4.51. The van der Waals surface area contributed by atoms with Crippen LogP contribution in [-0.4, -0.2) is 12.1 Å². The number of rotatable bonds is 5. The zero-order chi connectivity index (χ0) is 19.4. The third-order valence-electron chi connectivity index (χ3n) is 4.73. The van der Waals surface area contributed by atoms with Crippen LogP contribution in [0.25, 0.3) is 11.3 Å². The van der Waals surface area contributed by atoms with Gasteiger partial charge >= 0.3 is 0 Å². The lowest BCUT2D eigenvalue weighted by atomic mass is 10.1. The molecule has 0 radical (unpaired) electrons. The summed E-state index contributed by atoms with van der Waals surface area (Å²) in [6.45, 7) is 0. The molecular formula is C24H20NOPS. The summed E-state index contributed by atoms with van der Waals surface area (Å²) in [4.78, 5) is 4.60. The van der Waals surface area contributed by atoms with Crippen molar-refractivity contribution in [2.45, 2.75) is 0 Å². The molecule has 0 amide bonds. The van der Waals surface area contributed by atoms with Crippen LogP contribution in [0.2, 0.25) is 0 Å². The van der Waals surface area contributed by atoms with E-state index in [9.17, 15) is 0 Å². The van der Waals surface area contributed by atoms with Gasteiger partial charge in [-0.15, -0.1) is 0 Å². The van der Waals surface area contributed by atoms with Crippen LogP contribution < -0.4 is 20.7 Å². The smallest absolute Gasteiger partial charge is 0.118 e. The molecule has 0 spiro atoms. The van der Waals surface area contributed by atoms with E-state index in [2.05, 4.69) is 65.6 Å². The molecule has 4 heteroatoms. The molecular weight excluding hydrogens is 381 g/mol. The summed E-state index contributed by atoms with van der Waals surface area (Å²) in [5.41, 5.74) is 1.96. The van der Waals surface area contributed by atoms with Gasteiger partial charge in [0, 0.05) is 17.8 Å². The number of hydrogen-bond donors (Lipinski definition) is 0. The number of benzene rings is 3. The van der Waals surface area contributed by atoms with Crippen molar-refractivity contribution in [1.29, 1.82) is 0 Å². The van der Waals surface area contributed by atoms with Crippen molar-refractivity contribution in [3.63, 3.8) is 0 Å². The van der Waals surface area contributed by atoms with Gasteiger partial charge in [-0.25, -0.2) is 0 Å². The van der Waals surface area contributed by atoms with E-state index >= 15 is 0 Å². The minimum absolute atomic E-state index is 0.832. The molecule has 0 aliphatic rings. The summed E-state index contributed by atoms with van der Waals surface area (Å²) >= 11 is 6.41. The zero-order valence-corrected chi connectivity index (χ0v) is 17.2. The van der Waals surface area contributed by atoms with E-state index in [4.69, 9.17) is 16.5 Å². The lowest BCUT2D eigenvalue weighted by Crippen LogP contribution is -2.25. The maximum absolute atomic E-state index is 6.41. The highest BCUT2D eigenvalue weighted by atomic mass is 32.4. The first-order valence-electron chi connectivity index (χ1n) is 9.04. The molecule has 3 aromatic carbocycles. The van der Waals surface area contributed by atoms with E-state index < -0.39 is 6.04 Å². The van der Waals surface area contributed by atoms with Crippen LogP contribution in [0.5, 0.6) is 5.75 Å². The Bertz CT molecular complexity index is 1070. The number of pyridine rings is 1. The Kier molecular flexibility index (Phi) is 5.38. The first-order chi connectivity index (χ1) is 13.7. The lowest BCUT2D eigenvalue weighted by Gasteiger charge is -2.24. The van der Waals surface area contributed by atoms with Crippen LogP contribution >= 0.6 is 6.04 Å². The fourth-order valence-electron chi connectivity index (χ4n) is 3.26. The van der Waals surface area contributed by atoms with Crippen molar-refractivity contribution in [3.05, 3.63) is 103 Å². The summed E-state index contributed by atoms with van der Waals surface area (Å²) in [5.74, 6) is 0.832. The Morgan fingerprint density at radius 3 is 1.82 bits per heavy atom. The molecule has 28 heavy (non-hydrogen) atoms. The molecule has 4 rings (SSSR count). The maximum atomic E-state index is 6.41. The largest absolute Gasteiger partial charge is 0.497 e. The van der Waals surface area contributed by atoms with Gasteiger partial charge in [0.25, 0.3) is 0 Å². The van der Waals surface area contributed by atoms with E-state index in [1.807, 2.05) is 42.6 Å². The summed E-state index contributed by atoms with van der Waals surface area (Å²) in [6, 6.07) is 30.9. The van der Waals surface area contributed by atoms with Crippen LogP contribution in [0, 0.1) is 0 Å². The third kappa shape index (κ3) is 3.52. The summed E-state index contributed by atoms with van der Waals surface area (Å²) in [6.07, 6.45) is 1.86. The molecule has 0 saturated carbocycles. The first kappa shape index (κ1) is 18.6. The molecule has 1 aromatic heterocycles. The molecule has 0 atom stereocenters. The Morgan fingerprint density at radius 1 is 0.714 bits per heavy atom. The van der Waals surface area contributed by atoms with Gasteiger partial charge in [-0.1, -0.05) is 72.5 Å². The summed E-state index contributed by atoms with van der Waals surface area (Å²) < 4.78 is 5.27. The fourth-order valence-corrected chi connectivity index (χ4v) is 6.99. The highest BCUT2D eigenvalue weighted by Crippen LogP contribution is 2.43. The molecule has 138 valence electrons. The lowest BCUT2D eigenvalue weighted by molar-refractivity contribution is 0.415. The molecule has 4 aromatic rings. The molecule has 0 N–H and O–H groups in total. The van der Waals surface area contributed by atoms with Crippen LogP contribution in [-0.2, 0) is 11.8 Å². The van der Waals surface area contributed by atoms with Gasteiger partial charge in [0.1, 0.15) is 5.75 Å². The van der Waals surface area contributed by atoms with Crippen molar-refractivity contribution in [2.75, 3.05) is 7.11 Å². The van der Waals surface area contributed by atoms with Gasteiger partial charge < -0.3 is 4.74 Å². The minimum atomic E-state index is -2.17. The van der Waals surface area contributed by atoms with Gasteiger partial charge in [-0.3, -0.25) is 4.98 Å². The molecule has 1 heterocycles. The van der Waals surface area contributed by atoms with Crippen molar-refractivity contribution < 1.29 is 4.74 Å². The van der Waals surface area contributed by atoms with Crippen molar-refractivity contribution in [1.82, 2.24) is 4.98 Å². The average molecular weight is 401 g/mol. The standard InChI is InChI=1S/C24H20NOPS/c1-26-20-14-12-19(13-15-20)24-18-23(16-17-25-24)27(28,21-8-4-2-5-9-21)22-10-6-3-7-11-22/h2-18H,1H3. The van der Waals surface area contributed by atoms with Gasteiger partial charge in [0.15, 0.2) is 0 Å². The Hall–Kier alpha value is -2.74. The molecule has 0 bridgehead atoms. The minimum Gasteiger partial charge on any atom is -0.497 e. The van der Waals surface area contributed by atoms with Gasteiger partial charge in [-0.2, -0.15) is 0 Å². The molecule has 2 nitrogen and oxygen atoms in total. The van der Waals surface area contributed by atoms with E-state index in [1.165, 1.54) is 10.6 Å². The second kappa shape index (κ2) is 8.10. The Balaban J connectivity index is 1.87. The second-order valence-corrected chi connectivity index (χ2v) is 10.8. The van der Waals surface area contributed by atoms with Gasteiger partial charge in [0.05, 0.1) is 12.8 Å². The van der Waals surface area contributed by atoms with Crippen molar-refractivity contribution in [3.8, 4) is 17.0 Å². The van der Waals surface area contributed by atoms with Crippen LogP contribution in [0.3, 0.4) is 0 Å². The highest BCUT2D eigenvalue weighted by Gasteiger charge is 2.25. The zero-order valence-electron chi connectivity index (χ0n) is 15.5. The predicted molar refractivity (Wildman–Crippen MR) is 122 cm³/mol. The molecule has 0 aliphatic heterocycles. The van der Waals surface area contributed by atoms with E-state index in [1.54, 1.807) is 7.11 Å². The first-order valence-corrected chi connectivity index (χ1v) is 11.8. The molecule has 0 saturated heterocycles. The maximum Gasteiger partial charge on any atom is 0.118 e. The number of ether oxygens (including phenoxy) is 1. The SMILES string of the molecule is COc1ccc(-c2cc(P(=S)(c3ccccc3)c3ccccc3)ccn2)cc1. The normalized spacial score (nSPS) is 11.2. The Morgan fingerprint density at radius 2 is 1.29 bits per heavy atom. The highest BCUT2D eigenvalue weighted by molar-refractivity contribution is 8.25. The fraction of sp³-hybridized carbons (Fsp3) is 0.0417. The Labute approximate surface area is 170 Å². The molecule has 0 aliphatic carbocycles. The monoisotopic (exact) mass is 401 g/mol. The number of aromatic nitrogens is 1. The van der Waals surface area contributed by atoms with Gasteiger partial charge in [0.2, 0.25) is 0 Å². The van der Waals surface area contributed by atoms with Crippen LogP contribution in [0.1, 0.15) is 0 Å². The van der Waals surface area contributed by atoms with Crippen molar-refractivity contribution in [2.24, 2.45) is 0 Å². The topological polar surface area (TPSA) is 22.1 Å². The second-order valence-electron chi connectivity index (χ2n) is 6.41. The van der Waals surface area contributed by atoms with Gasteiger partial charge in [-0.05, 0) is 52.3 Å². The van der Waals surface area contributed by atoms with E-state index in [0.29, 0.717) is 0 Å². The molecule has 0 fully saturated rings. The number of methoxy groups -OCH3 is 1. The summed E-state index contributed by atoms with van der Waals surface area (Å²) in [5, 5.41) is 3.51. The molecule has 0 unspecified atom stereocenters. The third-order valence-corrected chi connectivity index (χ3v) is 9.69. The summed E-state index contributed by atoms with van der Waals surface area (Å²) in [7, 11) is 1.67. The van der Waals surface area contributed by atoms with E-state index in [0.717, 1.165) is 22.3 Å². The van der Waals surface area contributed by atoms with Crippen LogP contribution in [0.15, 0.2) is 103 Å². The average Bonchev–Trinajstić information content (AvgIpc) is 2.80. The van der Waals surface area contributed by atoms with E-state index in [-0.39, 0.29) is 0 Å².